The number of benzene rings is 2. The van der Waals surface area contributed by atoms with Gasteiger partial charge in [0.05, 0.1) is 5.41 Å². The SMILES string of the molecule is Cc1ccc2ccc([C@H](N3CC(C)(C)C(=O)N3)C(F)(F)F)cc2c1. The lowest BCUT2D eigenvalue weighted by Crippen LogP contribution is -2.43. The van der Waals surface area contributed by atoms with Crippen molar-refractivity contribution in [3.8, 4) is 0 Å². The predicted octanol–water partition coefficient (Wildman–Crippen LogP) is 4.12. The third-order valence-corrected chi connectivity index (χ3v) is 4.38. The van der Waals surface area contributed by atoms with Gasteiger partial charge in [-0.1, -0.05) is 35.9 Å². The molecule has 3 rings (SSSR count). The molecule has 0 aromatic heterocycles. The molecule has 2 aromatic carbocycles. The Balaban J connectivity index is 2.06. The van der Waals surface area contributed by atoms with Gasteiger partial charge in [-0.15, -0.1) is 0 Å². The lowest BCUT2D eigenvalue weighted by atomic mass is 9.93. The Hall–Kier alpha value is -2.08. The summed E-state index contributed by atoms with van der Waals surface area (Å²) in [6.45, 7) is 5.18. The second kappa shape index (κ2) is 5.48. The highest BCUT2D eigenvalue weighted by Gasteiger charge is 2.51. The average molecular weight is 336 g/mol. The number of carbonyl (C=O) groups is 1. The van der Waals surface area contributed by atoms with Crippen LogP contribution in [0, 0.1) is 12.3 Å². The number of alkyl halides is 3. The molecule has 0 spiro atoms. The molecule has 1 heterocycles. The number of rotatable bonds is 2. The van der Waals surface area contributed by atoms with Gasteiger partial charge in [0.25, 0.3) is 0 Å². The average Bonchev–Trinajstić information content (AvgIpc) is 2.70. The molecule has 1 saturated heterocycles. The van der Waals surface area contributed by atoms with Gasteiger partial charge in [0.15, 0.2) is 0 Å². The van der Waals surface area contributed by atoms with Crippen molar-refractivity contribution in [3.63, 3.8) is 0 Å². The minimum atomic E-state index is -4.49. The molecule has 0 aliphatic carbocycles. The van der Waals surface area contributed by atoms with Crippen LogP contribution in [0.4, 0.5) is 13.2 Å². The van der Waals surface area contributed by atoms with Crippen molar-refractivity contribution in [3.05, 3.63) is 47.5 Å². The van der Waals surface area contributed by atoms with E-state index in [9.17, 15) is 18.0 Å². The Morgan fingerprint density at radius 1 is 1.12 bits per heavy atom. The molecule has 128 valence electrons. The second-order valence-electron chi connectivity index (χ2n) is 7.01. The van der Waals surface area contributed by atoms with Gasteiger partial charge in [-0.25, -0.2) is 5.01 Å². The zero-order chi connectivity index (χ0) is 17.7. The zero-order valence-electron chi connectivity index (χ0n) is 13.7. The van der Waals surface area contributed by atoms with Crippen molar-refractivity contribution in [1.29, 1.82) is 0 Å². The molecular weight excluding hydrogens is 317 g/mol. The van der Waals surface area contributed by atoms with Crippen LogP contribution < -0.4 is 5.43 Å². The van der Waals surface area contributed by atoms with Crippen LogP contribution in [0.5, 0.6) is 0 Å². The normalized spacial score (nSPS) is 19.5. The summed E-state index contributed by atoms with van der Waals surface area (Å²) in [5.41, 5.74) is 2.64. The van der Waals surface area contributed by atoms with E-state index in [0.29, 0.717) is 0 Å². The molecule has 1 aliphatic heterocycles. The molecule has 1 atom stereocenters. The van der Waals surface area contributed by atoms with Crippen LogP contribution in [0.15, 0.2) is 36.4 Å². The number of amides is 1. The molecule has 0 unspecified atom stereocenters. The minimum absolute atomic E-state index is 0.00185. The highest BCUT2D eigenvalue weighted by molar-refractivity contribution is 5.85. The molecule has 1 aliphatic rings. The van der Waals surface area contributed by atoms with E-state index in [1.54, 1.807) is 26.0 Å². The Labute approximate surface area is 138 Å². The van der Waals surface area contributed by atoms with Crippen molar-refractivity contribution < 1.29 is 18.0 Å². The van der Waals surface area contributed by atoms with E-state index in [1.807, 2.05) is 25.1 Å². The molecular formula is C18H19F3N2O. The monoisotopic (exact) mass is 336 g/mol. The van der Waals surface area contributed by atoms with Crippen LogP contribution in [0.3, 0.4) is 0 Å². The fraction of sp³-hybridized carbons (Fsp3) is 0.389. The fourth-order valence-corrected chi connectivity index (χ4v) is 3.08. The Bertz CT molecular complexity index is 798. The first-order valence-electron chi connectivity index (χ1n) is 7.73. The van der Waals surface area contributed by atoms with E-state index in [2.05, 4.69) is 5.43 Å². The lowest BCUT2D eigenvalue weighted by Gasteiger charge is -2.30. The van der Waals surface area contributed by atoms with E-state index in [4.69, 9.17) is 0 Å². The van der Waals surface area contributed by atoms with Crippen LogP contribution in [-0.4, -0.2) is 23.6 Å². The van der Waals surface area contributed by atoms with E-state index in [0.717, 1.165) is 21.3 Å². The summed E-state index contributed by atoms with van der Waals surface area (Å²) in [5.74, 6) is -0.395. The molecule has 6 heteroatoms. The smallest absolute Gasteiger partial charge is 0.287 e. The maximum atomic E-state index is 13.7. The van der Waals surface area contributed by atoms with E-state index in [-0.39, 0.29) is 12.1 Å². The Morgan fingerprint density at radius 2 is 1.79 bits per heavy atom. The third-order valence-electron chi connectivity index (χ3n) is 4.38. The van der Waals surface area contributed by atoms with Gasteiger partial charge in [0.1, 0.15) is 6.04 Å². The summed E-state index contributed by atoms with van der Waals surface area (Å²) in [4.78, 5) is 11.9. The molecule has 1 fully saturated rings. The molecule has 1 N–H and O–H groups in total. The molecule has 0 saturated carbocycles. The van der Waals surface area contributed by atoms with Crippen molar-refractivity contribution in [2.75, 3.05) is 6.54 Å². The number of hydrazine groups is 1. The standard InChI is InChI=1S/C18H19F3N2O/c1-11-4-5-12-6-7-13(9-14(12)8-11)15(18(19,20)21)23-10-17(2,3)16(24)22-23/h4-9,15H,10H2,1-3H3,(H,22,24)/t15-/m0/s1. The minimum Gasteiger partial charge on any atom is -0.287 e. The topological polar surface area (TPSA) is 32.3 Å². The van der Waals surface area contributed by atoms with Gasteiger partial charge in [-0.3, -0.25) is 10.2 Å². The number of hydrogen-bond donors (Lipinski definition) is 1. The van der Waals surface area contributed by atoms with Crippen molar-refractivity contribution in [2.45, 2.75) is 33.0 Å². The molecule has 0 radical (unpaired) electrons. The number of nitrogens with one attached hydrogen (secondary N) is 1. The van der Waals surface area contributed by atoms with Crippen molar-refractivity contribution >= 4 is 16.7 Å². The lowest BCUT2D eigenvalue weighted by molar-refractivity contribution is -0.191. The van der Waals surface area contributed by atoms with E-state index >= 15 is 0 Å². The van der Waals surface area contributed by atoms with E-state index < -0.39 is 23.5 Å². The number of nitrogens with zero attached hydrogens (tertiary/aromatic N) is 1. The summed E-state index contributed by atoms with van der Waals surface area (Å²) < 4.78 is 41.2. The quantitative estimate of drug-likeness (QED) is 0.894. The van der Waals surface area contributed by atoms with Gasteiger partial charge >= 0.3 is 6.18 Å². The maximum absolute atomic E-state index is 13.7. The first-order chi connectivity index (χ1) is 11.1. The molecule has 24 heavy (non-hydrogen) atoms. The number of fused-ring (bicyclic) bond motifs is 1. The summed E-state index contributed by atoms with van der Waals surface area (Å²) in [7, 11) is 0. The van der Waals surface area contributed by atoms with Gasteiger partial charge in [-0.2, -0.15) is 13.2 Å². The predicted molar refractivity (Wildman–Crippen MR) is 86.1 cm³/mol. The van der Waals surface area contributed by atoms with Gasteiger partial charge in [-0.05, 0) is 43.2 Å². The molecule has 0 bridgehead atoms. The number of carbonyl (C=O) groups excluding carboxylic acids is 1. The summed E-state index contributed by atoms with van der Waals surface area (Å²) >= 11 is 0. The van der Waals surface area contributed by atoms with Gasteiger partial charge < -0.3 is 0 Å². The third kappa shape index (κ3) is 2.98. The second-order valence-corrected chi connectivity index (χ2v) is 7.01. The van der Waals surface area contributed by atoms with E-state index in [1.165, 1.54) is 6.07 Å². The molecule has 2 aromatic rings. The van der Waals surface area contributed by atoms with Crippen molar-refractivity contribution in [2.24, 2.45) is 5.41 Å². The Kier molecular flexibility index (Phi) is 3.83. The summed E-state index contributed by atoms with van der Waals surface area (Å²) in [6.07, 6.45) is -4.49. The van der Waals surface area contributed by atoms with Crippen molar-refractivity contribution in [1.82, 2.24) is 10.4 Å². The fourth-order valence-electron chi connectivity index (χ4n) is 3.08. The van der Waals surface area contributed by atoms with Crippen LogP contribution in [0.1, 0.15) is 31.0 Å². The zero-order valence-corrected chi connectivity index (χ0v) is 13.7. The van der Waals surface area contributed by atoms with Gasteiger partial charge in [0, 0.05) is 6.54 Å². The first-order valence-corrected chi connectivity index (χ1v) is 7.73. The highest BCUT2D eigenvalue weighted by Crippen LogP contribution is 2.41. The summed E-state index contributed by atoms with van der Waals surface area (Å²) in [6, 6.07) is 8.52. The Morgan fingerprint density at radius 3 is 2.38 bits per heavy atom. The van der Waals surface area contributed by atoms with Crippen LogP contribution in [0.25, 0.3) is 10.8 Å². The molecule has 3 nitrogen and oxygen atoms in total. The van der Waals surface area contributed by atoms with Crippen LogP contribution >= 0.6 is 0 Å². The largest absolute Gasteiger partial charge is 0.409 e. The number of aryl methyl sites for hydroxylation is 1. The highest BCUT2D eigenvalue weighted by atomic mass is 19.4. The van der Waals surface area contributed by atoms with Gasteiger partial charge in [0.2, 0.25) is 5.91 Å². The first kappa shape index (κ1) is 16.8. The summed E-state index contributed by atoms with van der Waals surface area (Å²) in [5, 5.41) is 2.64. The maximum Gasteiger partial charge on any atom is 0.409 e. The van der Waals surface area contributed by atoms with Crippen LogP contribution in [0.2, 0.25) is 0 Å². The van der Waals surface area contributed by atoms with Crippen LogP contribution in [-0.2, 0) is 4.79 Å². The number of hydrogen-bond acceptors (Lipinski definition) is 2. The molecule has 1 amide bonds. The number of halogens is 3.